The molecule has 0 bridgehead atoms. The number of rotatable bonds is 5. The number of nitrogens with zero attached hydrogens (tertiary/aromatic N) is 1. The summed E-state index contributed by atoms with van der Waals surface area (Å²) in [6.07, 6.45) is -2.45. The molecule has 2 aromatic carbocycles. The van der Waals surface area contributed by atoms with Crippen molar-refractivity contribution in [2.75, 3.05) is 11.9 Å². The summed E-state index contributed by atoms with van der Waals surface area (Å²) in [7, 11) is -3.72. The number of benzene rings is 2. The predicted octanol–water partition coefficient (Wildman–Crippen LogP) is 4.28. The Labute approximate surface area is 167 Å². The summed E-state index contributed by atoms with van der Waals surface area (Å²) in [5.74, 6) is -0.440. The van der Waals surface area contributed by atoms with Crippen molar-refractivity contribution in [1.29, 1.82) is 0 Å². The number of alkyl halides is 3. The lowest BCUT2D eigenvalue weighted by Gasteiger charge is -2.34. The van der Waals surface area contributed by atoms with E-state index in [2.05, 4.69) is 5.32 Å². The van der Waals surface area contributed by atoms with Crippen LogP contribution in [0.3, 0.4) is 0 Å². The Morgan fingerprint density at radius 1 is 1.03 bits per heavy atom. The van der Waals surface area contributed by atoms with Crippen LogP contribution in [0.1, 0.15) is 31.2 Å². The van der Waals surface area contributed by atoms with Crippen LogP contribution in [-0.2, 0) is 21.0 Å². The normalized spacial score (nSPS) is 18.4. The van der Waals surface area contributed by atoms with Gasteiger partial charge in [-0.3, -0.25) is 4.79 Å². The first-order chi connectivity index (χ1) is 13.7. The van der Waals surface area contributed by atoms with Gasteiger partial charge < -0.3 is 5.32 Å². The van der Waals surface area contributed by atoms with Crippen LogP contribution in [0.25, 0.3) is 0 Å². The quantitative estimate of drug-likeness (QED) is 0.776. The zero-order valence-corrected chi connectivity index (χ0v) is 16.3. The molecule has 1 saturated heterocycles. The van der Waals surface area contributed by atoms with Gasteiger partial charge in [0.1, 0.15) is 0 Å². The molecule has 1 aliphatic rings. The summed E-state index contributed by atoms with van der Waals surface area (Å²) in [4.78, 5) is 12.6. The van der Waals surface area contributed by atoms with Crippen LogP contribution >= 0.6 is 0 Å². The molecule has 1 fully saturated rings. The maximum atomic E-state index is 13.0. The number of carbonyl (C=O) groups is 1. The number of halogens is 3. The summed E-state index contributed by atoms with van der Waals surface area (Å²) in [5.41, 5.74) is -0.570. The van der Waals surface area contributed by atoms with E-state index in [1.165, 1.54) is 28.6 Å². The summed E-state index contributed by atoms with van der Waals surface area (Å²) < 4.78 is 65.2. The van der Waals surface area contributed by atoms with Crippen LogP contribution in [0.5, 0.6) is 0 Å². The van der Waals surface area contributed by atoms with Gasteiger partial charge in [-0.1, -0.05) is 24.6 Å². The molecule has 9 heteroatoms. The number of piperidine rings is 1. The van der Waals surface area contributed by atoms with Crippen molar-refractivity contribution in [3.63, 3.8) is 0 Å². The smallest absolute Gasteiger partial charge is 0.326 e. The standard InChI is InChI=1S/C20H21F3N2O3S/c21-20(22,23)15-9-11-16(12-10-15)24-19(26)14-17-6-4-5-13-25(17)29(27,28)18-7-2-1-3-8-18/h1-3,7-12,17H,4-6,13-14H2,(H,24,26)/t17-/m1/s1. The van der Waals surface area contributed by atoms with Crippen LogP contribution < -0.4 is 5.32 Å². The first-order valence-corrected chi connectivity index (χ1v) is 10.7. The van der Waals surface area contributed by atoms with Crippen LogP contribution in [0, 0.1) is 0 Å². The molecule has 1 heterocycles. The number of hydrogen-bond donors (Lipinski definition) is 1. The average Bonchev–Trinajstić information content (AvgIpc) is 2.68. The van der Waals surface area contributed by atoms with E-state index in [1.54, 1.807) is 18.2 Å². The van der Waals surface area contributed by atoms with E-state index in [0.29, 0.717) is 19.4 Å². The average molecular weight is 426 g/mol. The molecule has 0 unspecified atom stereocenters. The fraction of sp³-hybridized carbons (Fsp3) is 0.350. The number of hydrogen-bond acceptors (Lipinski definition) is 3. The predicted molar refractivity (Wildman–Crippen MR) is 103 cm³/mol. The van der Waals surface area contributed by atoms with E-state index < -0.39 is 33.7 Å². The third-order valence-corrected chi connectivity index (χ3v) is 6.81. The van der Waals surface area contributed by atoms with Gasteiger partial charge in [-0.05, 0) is 49.2 Å². The van der Waals surface area contributed by atoms with E-state index in [1.807, 2.05) is 0 Å². The second-order valence-electron chi connectivity index (χ2n) is 6.91. The van der Waals surface area contributed by atoms with Gasteiger partial charge in [0, 0.05) is 24.7 Å². The Morgan fingerprint density at radius 2 is 1.69 bits per heavy atom. The molecule has 0 spiro atoms. The van der Waals surface area contributed by atoms with Gasteiger partial charge >= 0.3 is 6.18 Å². The van der Waals surface area contributed by atoms with Gasteiger partial charge in [-0.25, -0.2) is 8.42 Å². The first-order valence-electron chi connectivity index (χ1n) is 9.22. The third kappa shape index (κ3) is 5.16. The van der Waals surface area contributed by atoms with Gasteiger partial charge in [0.25, 0.3) is 0 Å². The molecule has 1 amide bonds. The Hall–Kier alpha value is -2.39. The van der Waals surface area contributed by atoms with Crippen molar-refractivity contribution >= 4 is 21.6 Å². The van der Waals surface area contributed by atoms with Gasteiger partial charge in [0.2, 0.25) is 15.9 Å². The molecule has 0 aliphatic carbocycles. The van der Waals surface area contributed by atoms with Crippen molar-refractivity contribution in [2.45, 2.75) is 42.8 Å². The maximum absolute atomic E-state index is 13.0. The van der Waals surface area contributed by atoms with E-state index >= 15 is 0 Å². The molecule has 5 nitrogen and oxygen atoms in total. The first kappa shape index (κ1) is 21.3. The van der Waals surface area contributed by atoms with E-state index in [-0.39, 0.29) is 17.0 Å². The molecular formula is C20H21F3N2O3S. The second-order valence-corrected chi connectivity index (χ2v) is 8.80. The zero-order valence-electron chi connectivity index (χ0n) is 15.5. The minimum Gasteiger partial charge on any atom is -0.326 e. The number of sulfonamides is 1. The van der Waals surface area contributed by atoms with E-state index in [4.69, 9.17) is 0 Å². The van der Waals surface area contributed by atoms with Crippen molar-refractivity contribution in [3.05, 3.63) is 60.2 Å². The highest BCUT2D eigenvalue weighted by atomic mass is 32.2. The largest absolute Gasteiger partial charge is 0.416 e. The minimum atomic E-state index is -4.45. The second kappa shape index (κ2) is 8.54. The van der Waals surface area contributed by atoms with Gasteiger partial charge in [-0.2, -0.15) is 17.5 Å². The summed E-state index contributed by atoms with van der Waals surface area (Å²) in [6.45, 7) is 0.329. The molecule has 3 rings (SSSR count). The van der Waals surface area contributed by atoms with Gasteiger partial charge in [0.05, 0.1) is 10.5 Å². The lowest BCUT2D eigenvalue weighted by atomic mass is 10.0. The molecule has 1 atom stereocenters. The van der Waals surface area contributed by atoms with E-state index in [0.717, 1.165) is 18.6 Å². The third-order valence-electron chi connectivity index (χ3n) is 4.84. The Kier molecular flexibility index (Phi) is 6.28. The molecule has 2 aromatic rings. The van der Waals surface area contributed by atoms with Crippen molar-refractivity contribution in [3.8, 4) is 0 Å². The topological polar surface area (TPSA) is 66.5 Å². The molecule has 0 radical (unpaired) electrons. The number of carbonyl (C=O) groups excluding carboxylic acids is 1. The van der Waals surface area contributed by atoms with Crippen LogP contribution in [0.4, 0.5) is 18.9 Å². The molecule has 0 aromatic heterocycles. The highest BCUT2D eigenvalue weighted by Gasteiger charge is 2.34. The molecular weight excluding hydrogens is 405 g/mol. The molecule has 29 heavy (non-hydrogen) atoms. The van der Waals surface area contributed by atoms with Crippen molar-refractivity contribution < 1.29 is 26.4 Å². The minimum absolute atomic E-state index is 0.0624. The highest BCUT2D eigenvalue weighted by molar-refractivity contribution is 7.89. The maximum Gasteiger partial charge on any atom is 0.416 e. The number of amides is 1. The van der Waals surface area contributed by atoms with Crippen molar-refractivity contribution in [2.24, 2.45) is 0 Å². The lowest BCUT2D eigenvalue weighted by molar-refractivity contribution is -0.137. The van der Waals surface area contributed by atoms with Crippen LogP contribution in [-0.4, -0.2) is 31.2 Å². The highest BCUT2D eigenvalue weighted by Crippen LogP contribution is 2.30. The van der Waals surface area contributed by atoms with Crippen LogP contribution in [0.2, 0.25) is 0 Å². The number of anilines is 1. The van der Waals surface area contributed by atoms with Crippen LogP contribution in [0.15, 0.2) is 59.5 Å². The fourth-order valence-electron chi connectivity index (χ4n) is 3.39. The summed E-state index contributed by atoms with van der Waals surface area (Å²) in [6, 6.07) is 11.7. The Morgan fingerprint density at radius 3 is 2.31 bits per heavy atom. The monoisotopic (exact) mass is 426 g/mol. The molecule has 1 aliphatic heterocycles. The summed E-state index contributed by atoms with van der Waals surface area (Å²) >= 11 is 0. The summed E-state index contributed by atoms with van der Waals surface area (Å²) in [5, 5.41) is 2.55. The molecule has 1 N–H and O–H groups in total. The van der Waals surface area contributed by atoms with E-state index in [9.17, 15) is 26.4 Å². The van der Waals surface area contributed by atoms with Crippen molar-refractivity contribution in [1.82, 2.24) is 4.31 Å². The van der Waals surface area contributed by atoms with Gasteiger partial charge in [0.15, 0.2) is 0 Å². The number of nitrogens with one attached hydrogen (secondary N) is 1. The Balaban J connectivity index is 1.69. The lowest BCUT2D eigenvalue weighted by Crippen LogP contribution is -2.45. The zero-order chi connectivity index (χ0) is 21.1. The molecule has 0 saturated carbocycles. The fourth-order valence-corrected chi connectivity index (χ4v) is 5.10. The Bertz CT molecular complexity index is 945. The molecule has 156 valence electrons. The van der Waals surface area contributed by atoms with Gasteiger partial charge in [-0.15, -0.1) is 0 Å². The SMILES string of the molecule is O=C(C[C@H]1CCCCN1S(=O)(=O)c1ccccc1)Nc1ccc(C(F)(F)F)cc1.